The van der Waals surface area contributed by atoms with Crippen molar-refractivity contribution < 1.29 is 13.9 Å². The number of pyridine rings is 1. The molecule has 0 spiro atoms. The predicted molar refractivity (Wildman–Crippen MR) is 116 cm³/mol. The van der Waals surface area contributed by atoms with Crippen LogP contribution in [0.1, 0.15) is 40.5 Å². The molecular formula is C24H27FN4O2. The number of likely N-dealkylation sites (tertiary alicyclic amines) is 1. The molecule has 2 aliphatic heterocycles. The van der Waals surface area contributed by atoms with Crippen LogP contribution in [0, 0.1) is 42.8 Å². The molecule has 3 heterocycles. The van der Waals surface area contributed by atoms with Crippen LogP contribution in [-0.4, -0.2) is 48.6 Å². The summed E-state index contributed by atoms with van der Waals surface area (Å²) in [4.78, 5) is 21.9. The van der Waals surface area contributed by atoms with Gasteiger partial charge in [-0.3, -0.25) is 4.79 Å². The van der Waals surface area contributed by atoms with Gasteiger partial charge in [0.25, 0.3) is 5.91 Å². The van der Waals surface area contributed by atoms with Gasteiger partial charge in [-0.15, -0.1) is 0 Å². The number of benzene rings is 1. The Bertz CT molecular complexity index is 1040. The molecule has 31 heavy (non-hydrogen) atoms. The van der Waals surface area contributed by atoms with Crippen molar-refractivity contribution in [3.63, 3.8) is 0 Å². The van der Waals surface area contributed by atoms with E-state index in [2.05, 4.69) is 22.9 Å². The SMILES string of the molecule is CCC1C2CN(c3cc(C)c(C#N)c(C)n3)CC2CN1C(=O)c1ccc(OC)cc1F. The minimum Gasteiger partial charge on any atom is -0.497 e. The summed E-state index contributed by atoms with van der Waals surface area (Å²) in [5, 5.41) is 9.30. The molecule has 4 rings (SSSR count). The minimum atomic E-state index is -0.550. The first-order valence-electron chi connectivity index (χ1n) is 10.7. The quantitative estimate of drug-likeness (QED) is 0.751. The topological polar surface area (TPSA) is 69.5 Å². The molecule has 3 unspecified atom stereocenters. The molecule has 2 aromatic rings. The van der Waals surface area contributed by atoms with Crippen molar-refractivity contribution in [1.29, 1.82) is 5.26 Å². The van der Waals surface area contributed by atoms with Gasteiger partial charge in [0, 0.05) is 43.6 Å². The minimum absolute atomic E-state index is 0.0598. The van der Waals surface area contributed by atoms with Gasteiger partial charge >= 0.3 is 0 Å². The lowest BCUT2D eigenvalue weighted by molar-refractivity contribution is 0.0708. The lowest BCUT2D eigenvalue weighted by Crippen LogP contribution is -2.40. The number of carbonyl (C=O) groups excluding carboxylic acids is 1. The molecule has 2 fully saturated rings. The number of anilines is 1. The van der Waals surface area contributed by atoms with Crippen molar-refractivity contribution in [3.8, 4) is 11.8 Å². The van der Waals surface area contributed by atoms with Gasteiger partial charge in [-0.05, 0) is 44.0 Å². The molecule has 1 aromatic heterocycles. The third-order valence-electron chi connectivity index (χ3n) is 6.72. The van der Waals surface area contributed by atoms with Crippen molar-refractivity contribution in [1.82, 2.24) is 9.88 Å². The number of carbonyl (C=O) groups is 1. The zero-order valence-electron chi connectivity index (χ0n) is 18.4. The van der Waals surface area contributed by atoms with E-state index in [1.807, 2.05) is 24.8 Å². The van der Waals surface area contributed by atoms with E-state index in [4.69, 9.17) is 4.74 Å². The Balaban J connectivity index is 1.54. The van der Waals surface area contributed by atoms with E-state index in [9.17, 15) is 14.4 Å². The van der Waals surface area contributed by atoms with Gasteiger partial charge in [-0.1, -0.05) is 6.92 Å². The number of hydrogen-bond donors (Lipinski definition) is 0. The molecule has 1 aromatic carbocycles. The van der Waals surface area contributed by atoms with Crippen molar-refractivity contribution in [2.24, 2.45) is 11.8 Å². The number of amides is 1. The zero-order chi connectivity index (χ0) is 22.3. The van der Waals surface area contributed by atoms with Gasteiger partial charge in [-0.25, -0.2) is 9.37 Å². The van der Waals surface area contributed by atoms with E-state index < -0.39 is 5.82 Å². The molecule has 0 aliphatic carbocycles. The van der Waals surface area contributed by atoms with Crippen LogP contribution in [0.4, 0.5) is 10.2 Å². The summed E-state index contributed by atoms with van der Waals surface area (Å²) in [7, 11) is 1.47. The molecule has 162 valence electrons. The maximum Gasteiger partial charge on any atom is 0.257 e. The van der Waals surface area contributed by atoms with Crippen LogP contribution in [0.5, 0.6) is 5.75 Å². The van der Waals surface area contributed by atoms with E-state index >= 15 is 0 Å². The van der Waals surface area contributed by atoms with Crippen LogP contribution in [0.15, 0.2) is 24.3 Å². The van der Waals surface area contributed by atoms with Gasteiger partial charge in [0.1, 0.15) is 23.5 Å². The first-order valence-corrected chi connectivity index (χ1v) is 10.7. The predicted octanol–water partition coefficient (Wildman–Crippen LogP) is 3.70. The molecule has 6 nitrogen and oxygen atoms in total. The molecule has 3 atom stereocenters. The van der Waals surface area contributed by atoms with E-state index in [-0.39, 0.29) is 17.5 Å². The summed E-state index contributed by atoms with van der Waals surface area (Å²) in [5.41, 5.74) is 2.40. The number of halogens is 1. The summed E-state index contributed by atoms with van der Waals surface area (Å²) >= 11 is 0. The highest BCUT2D eigenvalue weighted by molar-refractivity contribution is 5.95. The second kappa shape index (κ2) is 8.18. The molecule has 1 amide bonds. The van der Waals surface area contributed by atoms with Crippen molar-refractivity contribution in [3.05, 3.63) is 52.5 Å². The van der Waals surface area contributed by atoms with E-state index in [0.29, 0.717) is 29.7 Å². The van der Waals surface area contributed by atoms with E-state index in [1.54, 1.807) is 6.07 Å². The lowest BCUT2D eigenvalue weighted by atomic mass is 9.93. The highest BCUT2D eigenvalue weighted by atomic mass is 19.1. The Labute approximate surface area is 182 Å². The molecule has 0 saturated carbocycles. The average Bonchev–Trinajstić information content (AvgIpc) is 3.30. The van der Waals surface area contributed by atoms with Crippen molar-refractivity contribution >= 4 is 11.7 Å². The van der Waals surface area contributed by atoms with Crippen molar-refractivity contribution in [2.45, 2.75) is 33.2 Å². The third kappa shape index (κ3) is 3.60. The maximum atomic E-state index is 14.5. The zero-order valence-corrected chi connectivity index (χ0v) is 18.4. The smallest absolute Gasteiger partial charge is 0.257 e. The number of ether oxygens (including phenoxy) is 1. The Morgan fingerprint density at radius 1 is 1.29 bits per heavy atom. The molecular weight excluding hydrogens is 395 g/mol. The van der Waals surface area contributed by atoms with Gasteiger partial charge < -0.3 is 14.5 Å². The summed E-state index contributed by atoms with van der Waals surface area (Å²) in [5.74, 6) is 1.11. The molecule has 7 heteroatoms. The van der Waals surface area contributed by atoms with Crippen LogP contribution in [-0.2, 0) is 0 Å². The number of nitriles is 1. The monoisotopic (exact) mass is 422 g/mol. The van der Waals surface area contributed by atoms with Crippen LogP contribution >= 0.6 is 0 Å². The highest BCUT2D eigenvalue weighted by Crippen LogP contribution is 2.40. The number of aryl methyl sites for hydroxylation is 2. The Hall–Kier alpha value is -3.14. The average molecular weight is 423 g/mol. The van der Waals surface area contributed by atoms with Gasteiger partial charge in [0.15, 0.2) is 0 Å². The summed E-state index contributed by atoms with van der Waals surface area (Å²) < 4.78 is 19.6. The maximum absolute atomic E-state index is 14.5. The highest BCUT2D eigenvalue weighted by Gasteiger charge is 2.48. The Kier molecular flexibility index (Phi) is 5.57. The first kappa shape index (κ1) is 21.1. The summed E-state index contributed by atoms with van der Waals surface area (Å²) in [6, 6.07) is 8.64. The fourth-order valence-electron chi connectivity index (χ4n) is 5.18. The van der Waals surface area contributed by atoms with Crippen LogP contribution < -0.4 is 9.64 Å². The third-order valence-corrected chi connectivity index (χ3v) is 6.72. The number of rotatable bonds is 4. The van der Waals surface area contributed by atoms with Crippen molar-refractivity contribution in [2.75, 3.05) is 31.6 Å². The Morgan fingerprint density at radius 3 is 2.68 bits per heavy atom. The molecule has 0 N–H and O–H groups in total. The van der Waals surface area contributed by atoms with Gasteiger partial charge in [0.05, 0.1) is 23.9 Å². The number of fused-ring (bicyclic) bond motifs is 1. The second-order valence-electron chi connectivity index (χ2n) is 8.48. The van der Waals surface area contributed by atoms with Gasteiger partial charge in [-0.2, -0.15) is 5.26 Å². The number of methoxy groups -OCH3 is 1. The first-order chi connectivity index (χ1) is 14.9. The number of nitrogens with zero attached hydrogens (tertiary/aromatic N) is 4. The summed E-state index contributed by atoms with van der Waals surface area (Å²) in [6.07, 6.45) is 0.817. The normalized spacial score (nSPS) is 22.4. The van der Waals surface area contributed by atoms with Crippen LogP contribution in [0.3, 0.4) is 0 Å². The molecule has 0 radical (unpaired) electrons. The second-order valence-corrected chi connectivity index (χ2v) is 8.48. The Morgan fingerprint density at radius 2 is 2.06 bits per heavy atom. The van der Waals surface area contributed by atoms with Crippen LogP contribution in [0.2, 0.25) is 0 Å². The van der Waals surface area contributed by atoms with Gasteiger partial charge in [0.2, 0.25) is 0 Å². The van der Waals surface area contributed by atoms with Crippen LogP contribution in [0.25, 0.3) is 0 Å². The summed E-state index contributed by atoms with van der Waals surface area (Å²) in [6.45, 7) is 8.09. The molecule has 0 bridgehead atoms. The standard InChI is InChI=1S/C24H27FN4O2/c1-5-22-20-13-28(23-8-14(2)19(10-26)15(3)27-23)11-16(20)12-29(22)24(30)18-7-6-17(31-4)9-21(18)25/h6-9,16,20,22H,5,11-13H2,1-4H3. The molecule has 2 saturated heterocycles. The fraction of sp³-hybridized carbons (Fsp3) is 0.458. The largest absolute Gasteiger partial charge is 0.497 e. The lowest BCUT2D eigenvalue weighted by Gasteiger charge is -2.29. The number of hydrogen-bond acceptors (Lipinski definition) is 5. The molecule has 2 aliphatic rings. The number of aromatic nitrogens is 1. The van der Waals surface area contributed by atoms with E-state index in [0.717, 1.165) is 36.6 Å². The fourth-order valence-corrected chi connectivity index (χ4v) is 5.18. The van der Waals surface area contributed by atoms with E-state index in [1.165, 1.54) is 19.2 Å².